The molecule has 1 heterocycles. The molecule has 0 amide bonds. The molecule has 21 heavy (non-hydrogen) atoms. The van der Waals surface area contributed by atoms with Gasteiger partial charge in [-0.2, -0.15) is 0 Å². The van der Waals surface area contributed by atoms with Crippen molar-refractivity contribution in [1.29, 1.82) is 0 Å². The Morgan fingerprint density at radius 2 is 2.14 bits per heavy atom. The minimum Gasteiger partial charge on any atom is -0.468 e. The van der Waals surface area contributed by atoms with Crippen molar-refractivity contribution >= 4 is 5.97 Å². The molecule has 122 valence electrons. The normalized spacial score (nSPS) is 36.2. The van der Waals surface area contributed by atoms with Gasteiger partial charge in [0.25, 0.3) is 0 Å². The number of carbonyl (C=O) groups excluding carboxylic acids is 1. The van der Waals surface area contributed by atoms with E-state index in [0.717, 1.165) is 51.7 Å². The topological polar surface area (TPSA) is 58.8 Å². The van der Waals surface area contributed by atoms with E-state index in [1.54, 1.807) is 0 Å². The molecule has 1 saturated carbocycles. The zero-order valence-corrected chi connectivity index (χ0v) is 13.8. The van der Waals surface area contributed by atoms with Gasteiger partial charge in [-0.3, -0.25) is 9.69 Å². The summed E-state index contributed by atoms with van der Waals surface area (Å²) in [5.41, 5.74) is 5.57. The maximum Gasteiger partial charge on any atom is 0.325 e. The molecule has 5 heteroatoms. The van der Waals surface area contributed by atoms with Crippen molar-refractivity contribution < 1.29 is 9.53 Å². The summed E-state index contributed by atoms with van der Waals surface area (Å²) in [4.78, 5) is 17.1. The van der Waals surface area contributed by atoms with Crippen LogP contribution in [0, 0.1) is 0 Å². The van der Waals surface area contributed by atoms with E-state index < -0.39 is 5.54 Å². The van der Waals surface area contributed by atoms with Gasteiger partial charge in [0.15, 0.2) is 0 Å². The summed E-state index contributed by atoms with van der Waals surface area (Å²) in [7, 11) is 3.64. The average Bonchev–Trinajstić information content (AvgIpc) is 2.67. The quantitative estimate of drug-likeness (QED) is 0.794. The molecule has 5 nitrogen and oxygen atoms in total. The number of hydrogen-bond acceptors (Lipinski definition) is 5. The van der Waals surface area contributed by atoms with Crippen LogP contribution in [0.4, 0.5) is 0 Å². The Morgan fingerprint density at radius 3 is 2.81 bits per heavy atom. The van der Waals surface area contributed by atoms with Crippen molar-refractivity contribution in [3.05, 3.63) is 0 Å². The van der Waals surface area contributed by atoms with Crippen LogP contribution in [0.25, 0.3) is 0 Å². The molecule has 1 aliphatic heterocycles. The van der Waals surface area contributed by atoms with E-state index in [-0.39, 0.29) is 5.97 Å². The molecule has 3 atom stereocenters. The molecule has 2 aliphatic rings. The molecule has 0 radical (unpaired) electrons. The Morgan fingerprint density at radius 1 is 1.38 bits per heavy atom. The van der Waals surface area contributed by atoms with Gasteiger partial charge in [0, 0.05) is 18.6 Å². The summed E-state index contributed by atoms with van der Waals surface area (Å²) in [5.74, 6) is -0.243. The molecule has 3 unspecified atom stereocenters. The molecule has 0 aromatic heterocycles. The van der Waals surface area contributed by atoms with Gasteiger partial charge in [0.1, 0.15) is 5.54 Å². The van der Waals surface area contributed by atoms with Gasteiger partial charge < -0.3 is 15.4 Å². The largest absolute Gasteiger partial charge is 0.468 e. The first-order valence-electron chi connectivity index (χ1n) is 8.31. The molecule has 2 rings (SSSR count). The van der Waals surface area contributed by atoms with Crippen LogP contribution in [0.3, 0.4) is 0 Å². The van der Waals surface area contributed by atoms with E-state index >= 15 is 0 Å². The van der Waals surface area contributed by atoms with Gasteiger partial charge in [-0.05, 0) is 58.7 Å². The Hall–Kier alpha value is -0.650. The number of likely N-dealkylation sites (N-methyl/N-ethyl adjacent to an activating group) is 1. The lowest BCUT2D eigenvalue weighted by Gasteiger charge is -2.43. The lowest BCUT2D eigenvalue weighted by atomic mass is 9.78. The van der Waals surface area contributed by atoms with Gasteiger partial charge in [0.2, 0.25) is 0 Å². The molecule has 1 saturated heterocycles. The zero-order valence-electron chi connectivity index (χ0n) is 13.8. The summed E-state index contributed by atoms with van der Waals surface area (Å²) in [6.07, 6.45) is 5.99. The Labute approximate surface area is 128 Å². The molecular formula is C16H31N3O2. The monoisotopic (exact) mass is 297 g/mol. The van der Waals surface area contributed by atoms with Gasteiger partial charge in [0.05, 0.1) is 7.11 Å². The standard InChI is InChI=1S/C16H31N3O2/c1-4-13-12-18(2)9-6-10-19(13)14-7-5-8-16(17,11-14)15(20)21-3/h13-14H,4-12,17H2,1-3H3. The molecule has 2 fully saturated rings. The number of methoxy groups -OCH3 is 1. The van der Waals surface area contributed by atoms with E-state index in [0.29, 0.717) is 12.1 Å². The first kappa shape index (κ1) is 16.7. The third-order valence-corrected chi connectivity index (χ3v) is 5.24. The van der Waals surface area contributed by atoms with Crippen LogP contribution in [0.15, 0.2) is 0 Å². The lowest BCUT2D eigenvalue weighted by molar-refractivity contribution is -0.149. The number of rotatable bonds is 3. The highest BCUT2D eigenvalue weighted by Crippen LogP contribution is 2.32. The Kier molecular flexibility index (Phi) is 5.63. The number of hydrogen-bond donors (Lipinski definition) is 1. The molecule has 0 aromatic carbocycles. The van der Waals surface area contributed by atoms with Crippen molar-refractivity contribution in [2.24, 2.45) is 5.73 Å². The van der Waals surface area contributed by atoms with Crippen LogP contribution >= 0.6 is 0 Å². The summed E-state index contributed by atoms with van der Waals surface area (Å²) in [5, 5.41) is 0. The fourth-order valence-electron chi connectivity index (χ4n) is 4.06. The summed E-state index contributed by atoms with van der Waals surface area (Å²) in [6, 6.07) is 0.988. The first-order valence-corrected chi connectivity index (χ1v) is 8.31. The van der Waals surface area contributed by atoms with Crippen molar-refractivity contribution in [2.75, 3.05) is 33.8 Å². The van der Waals surface area contributed by atoms with Crippen LogP contribution in [0.1, 0.15) is 45.4 Å². The number of esters is 1. The number of ether oxygens (including phenoxy) is 1. The van der Waals surface area contributed by atoms with Gasteiger partial charge >= 0.3 is 5.97 Å². The van der Waals surface area contributed by atoms with Crippen LogP contribution < -0.4 is 5.73 Å². The number of carbonyl (C=O) groups is 1. The number of nitrogens with zero attached hydrogens (tertiary/aromatic N) is 2. The Bertz CT molecular complexity index is 363. The summed E-state index contributed by atoms with van der Waals surface area (Å²) in [6.45, 7) is 5.65. The zero-order chi connectivity index (χ0) is 15.5. The SMILES string of the molecule is CCC1CN(C)CCCN1C1CCCC(N)(C(=O)OC)C1. The van der Waals surface area contributed by atoms with Gasteiger partial charge in [-0.15, -0.1) is 0 Å². The third kappa shape index (κ3) is 3.76. The highest BCUT2D eigenvalue weighted by atomic mass is 16.5. The van der Waals surface area contributed by atoms with Crippen molar-refractivity contribution in [2.45, 2.75) is 63.1 Å². The second kappa shape index (κ2) is 7.07. The maximum atomic E-state index is 12.0. The van der Waals surface area contributed by atoms with Crippen molar-refractivity contribution in [3.8, 4) is 0 Å². The second-order valence-corrected chi connectivity index (χ2v) is 6.81. The van der Waals surface area contributed by atoms with E-state index in [2.05, 4.69) is 23.8 Å². The Balaban J connectivity index is 2.10. The van der Waals surface area contributed by atoms with Crippen LogP contribution in [0.2, 0.25) is 0 Å². The van der Waals surface area contributed by atoms with Crippen LogP contribution in [0.5, 0.6) is 0 Å². The van der Waals surface area contributed by atoms with E-state index in [4.69, 9.17) is 10.5 Å². The molecule has 1 aliphatic carbocycles. The van der Waals surface area contributed by atoms with Crippen LogP contribution in [-0.2, 0) is 9.53 Å². The summed E-state index contributed by atoms with van der Waals surface area (Å²) < 4.78 is 4.93. The fourth-order valence-corrected chi connectivity index (χ4v) is 4.06. The molecule has 0 aromatic rings. The highest BCUT2D eigenvalue weighted by molar-refractivity contribution is 5.80. The lowest BCUT2D eigenvalue weighted by Crippen LogP contribution is -2.58. The minimum atomic E-state index is -0.784. The summed E-state index contributed by atoms with van der Waals surface area (Å²) >= 11 is 0. The first-order chi connectivity index (χ1) is 10.00. The van der Waals surface area contributed by atoms with Gasteiger partial charge in [-0.1, -0.05) is 6.92 Å². The molecular weight excluding hydrogens is 266 g/mol. The van der Waals surface area contributed by atoms with Crippen molar-refractivity contribution in [1.82, 2.24) is 9.80 Å². The minimum absolute atomic E-state index is 0.243. The van der Waals surface area contributed by atoms with E-state index in [1.807, 2.05) is 0 Å². The molecule has 2 N–H and O–H groups in total. The van der Waals surface area contributed by atoms with E-state index in [1.165, 1.54) is 13.5 Å². The molecule has 0 bridgehead atoms. The fraction of sp³-hybridized carbons (Fsp3) is 0.938. The van der Waals surface area contributed by atoms with Crippen molar-refractivity contribution in [3.63, 3.8) is 0 Å². The molecule has 0 spiro atoms. The van der Waals surface area contributed by atoms with E-state index in [9.17, 15) is 4.79 Å². The highest BCUT2D eigenvalue weighted by Gasteiger charge is 2.43. The number of nitrogens with two attached hydrogens (primary N) is 1. The van der Waals surface area contributed by atoms with Crippen LogP contribution in [-0.4, -0.2) is 67.2 Å². The maximum absolute atomic E-state index is 12.0. The predicted molar refractivity (Wildman–Crippen MR) is 84.1 cm³/mol. The third-order valence-electron chi connectivity index (χ3n) is 5.24. The second-order valence-electron chi connectivity index (χ2n) is 6.81. The smallest absolute Gasteiger partial charge is 0.325 e. The predicted octanol–water partition coefficient (Wildman–Crippen LogP) is 1.22. The average molecular weight is 297 g/mol. The van der Waals surface area contributed by atoms with Gasteiger partial charge in [-0.25, -0.2) is 0 Å².